The molecule has 0 amide bonds. The van der Waals surface area contributed by atoms with Crippen LogP contribution in [0.2, 0.25) is 0 Å². The van der Waals surface area contributed by atoms with Crippen LogP contribution in [0, 0.1) is 6.92 Å². The van der Waals surface area contributed by atoms with E-state index in [1.54, 1.807) is 24.2 Å². The van der Waals surface area contributed by atoms with Gasteiger partial charge in [-0.2, -0.15) is 0 Å². The lowest BCUT2D eigenvalue weighted by Gasteiger charge is -2.04. The van der Waals surface area contributed by atoms with Gasteiger partial charge in [0.25, 0.3) is 0 Å². The van der Waals surface area contributed by atoms with Crippen LogP contribution in [0.1, 0.15) is 16.7 Å². The van der Waals surface area contributed by atoms with Crippen molar-refractivity contribution in [2.45, 2.75) is 24.4 Å². The maximum atomic E-state index is 8.89. The van der Waals surface area contributed by atoms with E-state index in [-0.39, 0.29) is 6.61 Å². The van der Waals surface area contributed by atoms with E-state index in [0.717, 1.165) is 16.5 Å². The molecule has 17 heavy (non-hydrogen) atoms. The molecule has 1 heterocycles. The minimum Gasteiger partial charge on any atom is -0.392 e. The van der Waals surface area contributed by atoms with Gasteiger partial charge in [-0.15, -0.1) is 0 Å². The van der Waals surface area contributed by atoms with Gasteiger partial charge in [0, 0.05) is 23.7 Å². The van der Waals surface area contributed by atoms with E-state index in [2.05, 4.69) is 29.0 Å². The lowest BCUT2D eigenvalue weighted by atomic mass is 10.1. The molecular weight excluding hydrogens is 232 g/mol. The quantitative estimate of drug-likeness (QED) is 0.665. The second kappa shape index (κ2) is 5.80. The fourth-order valence-corrected chi connectivity index (χ4v) is 2.28. The number of benzene rings is 1. The van der Waals surface area contributed by atoms with E-state index in [0.29, 0.717) is 0 Å². The number of aryl methyl sites for hydroxylation is 1. The first-order chi connectivity index (χ1) is 8.29. The van der Waals surface area contributed by atoms with Crippen molar-refractivity contribution in [3.8, 4) is 0 Å². The number of aromatic nitrogens is 2. The monoisotopic (exact) mass is 246 g/mol. The van der Waals surface area contributed by atoms with E-state index in [1.165, 1.54) is 11.1 Å². The molecule has 0 saturated heterocycles. The number of nitrogens with zero attached hydrogens (tertiary/aromatic N) is 2. The first kappa shape index (κ1) is 12.1. The molecule has 0 spiro atoms. The van der Waals surface area contributed by atoms with Gasteiger partial charge in [-0.1, -0.05) is 36.0 Å². The molecule has 3 nitrogen and oxygen atoms in total. The molecule has 4 heteroatoms. The Kier molecular flexibility index (Phi) is 4.12. The van der Waals surface area contributed by atoms with Crippen LogP contribution in [0.4, 0.5) is 0 Å². The van der Waals surface area contributed by atoms with Crippen molar-refractivity contribution in [1.82, 2.24) is 9.97 Å². The molecule has 1 aromatic carbocycles. The topological polar surface area (TPSA) is 46.0 Å². The molecule has 88 valence electrons. The zero-order valence-electron chi connectivity index (χ0n) is 9.63. The minimum atomic E-state index is -0.0112. The van der Waals surface area contributed by atoms with Gasteiger partial charge >= 0.3 is 0 Å². The largest absolute Gasteiger partial charge is 0.392 e. The van der Waals surface area contributed by atoms with E-state index in [4.69, 9.17) is 5.11 Å². The molecule has 0 atom stereocenters. The van der Waals surface area contributed by atoms with Gasteiger partial charge < -0.3 is 5.11 Å². The number of thioether (sulfide) groups is 1. The molecule has 2 aromatic rings. The van der Waals surface area contributed by atoms with E-state index in [1.807, 2.05) is 12.1 Å². The Morgan fingerprint density at radius 2 is 1.88 bits per heavy atom. The zero-order valence-corrected chi connectivity index (χ0v) is 10.4. The third kappa shape index (κ3) is 3.28. The fraction of sp³-hybridized carbons (Fsp3) is 0.231. The SMILES string of the molecule is Cc1ccccc1CSc1ncc(CO)cn1. The predicted octanol–water partition coefficient (Wildman–Crippen LogP) is 2.57. The summed E-state index contributed by atoms with van der Waals surface area (Å²) in [6.45, 7) is 2.09. The summed E-state index contributed by atoms with van der Waals surface area (Å²) in [4.78, 5) is 8.37. The van der Waals surface area contributed by atoms with Crippen LogP contribution >= 0.6 is 11.8 Å². The lowest BCUT2D eigenvalue weighted by Crippen LogP contribution is -1.92. The molecule has 0 unspecified atom stereocenters. The summed E-state index contributed by atoms with van der Waals surface area (Å²) in [7, 11) is 0. The van der Waals surface area contributed by atoms with Crippen molar-refractivity contribution in [3.63, 3.8) is 0 Å². The van der Waals surface area contributed by atoms with E-state index in [9.17, 15) is 0 Å². The third-order valence-corrected chi connectivity index (χ3v) is 3.41. The smallest absolute Gasteiger partial charge is 0.187 e. The summed E-state index contributed by atoms with van der Waals surface area (Å²) < 4.78 is 0. The van der Waals surface area contributed by atoms with Crippen LogP contribution in [-0.2, 0) is 12.4 Å². The zero-order chi connectivity index (χ0) is 12.1. The molecule has 0 aliphatic heterocycles. The molecule has 0 radical (unpaired) electrons. The van der Waals surface area contributed by atoms with Gasteiger partial charge in [0.2, 0.25) is 0 Å². The van der Waals surface area contributed by atoms with Crippen molar-refractivity contribution < 1.29 is 5.11 Å². The van der Waals surface area contributed by atoms with Crippen molar-refractivity contribution in [2.24, 2.45) is 0 Å². The van der Waals surface area contributed by atoms with Crippen LogP contribution in [0.5, 0.6) is 0 Å². The van der Waals surface area contributed by atoms with Crippen LogP contribution < -0.4 is 0 Å². The number of rotatable bonds is 4. The Morgan fingerprint density at radius 1 is 1.18 bits per heavy atom. The Balaban J connectivity index is 2.00. The first-order valence-electron chi connectivity index (χ1n) is 5.38. The van der Waals surface area contributed by atoms with Gasteiger partial charge in [0.05, 0.1) is 6.61 Å². The second-order valence-corrected chi connectivity index (χ2v) is 4.69. The highest BCUT2D eigenvalue weighted by molar-refractivity contribution is 7.98. The van der Waals surface area contributed by atoms with E-state index >= 15 is 0 Å². The number of aliphatic hydroxyl groups excluding tert-OH is 1. The molecule has 0 aliphatic rings. The highest BCUT2D eigenvalue weighted by Crippen LogP contribution is 2.20. The minimum absolute atomic E-state index is 0.0112. The summed E-state index contributed by atoms with van der Waals surface area (Å²) >= 11 is 1.60. The van der Waals surface area contributed by atoms with Crippen molar-refractivity contribution >= 4 is 11.8 Å². The van der Waals surface area contributed by atoms with Crippen LogP contribution in [0.3, 0.4) is 0 Å². The Hall–Kier alpha value is -1.39. The average molecular weight is 246 g/mol. The van der Waals surface area contributed by atoms with E-state index < -0.39 is 0 Å². The molecule has 1 N–H and O–H groups in total. The van der Waals surface area contributed by atoms with Crippen LogP contribution in [0.25, 0.3) is 0 Å². The van der Waals surface area contributed by atoms with Crippen LogP contribution in [0.15, 0.2) is 41.8 Å². The average Bonchev–Trinajstić information content (AvgIpc) is 2.38. The molecule has 0 fully saturated rings. The molecule has 1 aromatic heterocycles. The maximum Gasteiger partial charge on any atom is 0.187 e. The second-order valence-electron chi connectivity index (χ2n) is 3.75. The highest BCUT2D eigenvalue weighted by atomic mass is 32.2. The van der Waals surface area contributed by atoms with Gasteiger partial charge in [0.15, 0.2) is 5.16 Å². The summed E-state index contributed by atoms with van der Waals surface area (Å²) in [6.07, 6.45) is 3.32. The molecule has 2 rings (SSSR count). The standard InChI is InChI=1S/C13H14N2OS/c1-10-4-2-3-5-12(10)9-17-13-14-6-11(8-16)7-15-13/h2-7,16H,8-9H2,1H3. The molecule has 0 saturated carbocycles. The molecule has 0 bridgehead atoms. The number of aliphatic hydroxyl groups is 1. The summed E-state index contributed by atoms with van der Waals surface area (Å²) in [5, 5.41) is 9.63. The lowest BCUT2D eigenvalue weighted by molar-refractivity contribution is 0.280. The van der Waals surface area contributed by atoms with Gasteiger partial charge in [-0.05, 0) is 18.1 Å². The summed E-state index contributed by atoms with van der Waals surface area (Å²) in [5.41, 5.74) is 3.32. The van der Waals surface area contributed by atoms with Crippen molar-refractivity contribution in [2.75, 3.05) is 0 Å². The van der Waals surface area contributed by atoms with Crippen molar-refractivity contribution in [3.05, 3.63) is 53.3 Å². The third-order valence-electron chi connectivity index (χ3n) is 2.48. The summed E-state index contributed by atoms with van der Waals surface area (Å²) in [6, 6.07) is 8.30. The summed E-state index contributed by atoms with van der Waals surface area (Å²) in [5.74, 6) is 0.866. The number of hydrogen-bond donors (Lipinski definition) is 1. The Morgan fingerprint density at radius 3 is 2.53 bits per heavy atom. The first-order valence-corrected chi connectivity index (χ1v) is 6.37. The fourth-order valence-electron chi connectivity index (χ4n) is 1.41. The predicted molar refractivity (Wildman–Crippen MR) is 68.7 cm³/mol. The number of hydrogen-bond acceptors (Lipinski definition) is 4. The maximum absolute atomic E-state index is 8.89. The molecule has 0 aliphatic carbocycles. The molecular formula is C13H14N2OS. The van der Waals surface area contributed by atoms with Gasteiger partial charge in [-0.25, -0.2) is 9.97 Å². The highest BCUT2D eigenvalue weighted by Gasteiger charge is 2.01. The van der Waals surface area contributed by atoms with Crippen LogP contribution in [-0.4, -0.2) is 15.1 Å². The normalized spacial score (nSPS) is 10.5. The Bertz CT molecular complexity index is 485. The Labute approximate surface area is 105 Å². The van der Waals surface area contributed by atoms with Crippen molar-refractivity contribution in [1.29, 1.82) is 0 Å². The van der Waals surface area contributed by atoms with Gasteiger partial charge in [-0.3, -0.25) is 0 Å². The van der Waals surface area contributed by atoms with Gasteiger partial charge in [0.1, 0.15) is 0 Å².